The molecule has 1 aliphatic heterocycles. The Morgan fingerprint density at radius 3 is 2.56 bits per heavy atom. The van der Waals surface area contributed by atoms with Crippen molar-refractivity contribution in [3.8, 4) is 0 Å². The first-order chi connectivity index (χ1) is 12.2. The second-order valence-electron chi connectivity index (χ2n) is 5.46. The molecule has 2 heterocycles. The lowest BCUT2D eigenvalue weighted by Crippen LogP contribution is -2.46. The van der Waals surface area contributed by atoms with Gasteiger partial charge in [0.2, 0.25) is 12.4 Å². The number of benzene rings is 1. The van der Waals surface area contributed by atoms with Gasteiger partial charge in [-0.05, 0) is 24.3 Å². The largest absolute Gasteiger partial charge is 0.465 e. The molecule has 1 saturated heterocycles. The van der Waals surface area contributed by atoms with E-state index in [0.29, 0.717) is 43.5 Å². The van der Waals surface area contributed by atoms with E-state index in [4.69, 9.17) is 0 Å². The van der Waals surface area contributed by atoms with Crippen molar-refractivity contribution < 1.29 is 14.3 Å². The van der Waals surface area contributed by atoms with E-state index in [1.807, 2.05) is 4.90 Å². The van der Waals surface area contributed by atoms with Crippen LogP contribution >= 0.6 is 0 Å². The lowest BCUT2D eigenvalue weighted by Gasteiger charge is -2.32. The molecular weight excluding hydrogens is 324 g/mol. The van der Waals surface area contributed by atoms with Gasteiger partial charge in [0.1, 0.15) is 0 Å². The molecule has 9 nitrogen and oxygen atoms in total. The molecule has 1 aliphatic rings. The van der Waals surface area contributed by atoms with Gasteiger partial charge in [-0.15, -0.1) is 5.10 Å². The molecular formula is C16H18N6O3. The summed E-state index contributed by atoms with van der Waals surface area (Å²) >= 11 is 0. The molecule has 0 bridgehead atoms. The molecule has 1 fully saturated rings. The molecule has 9 heteroatoms. The van der Waals surface area contributed by atoms with Gasteiger partial charge in [0.25, 0.3) is 0 Å². The maximum atomic E-state index is 11.4. The summed E-state index contributed by atoms with van der Waals surface area (Å²) in [6, 6.07) is 6.86. The van der Waals surface area contributed by atoms with Crippen LogP contribution in [0.1, 0.15) is 10.4 Å². The van der Waals surface area contributed by atoms with E-state index in [-0.39, 0.29) is 5.97 Å². The number of amides is 1. The number of anilines is 3. The number of rotatable bonds is 5. The molecule has 1 aromatic carbocycles. The Bertz CT molecular complexity index is 744. The van der Waals surface area contributed by atoms with Crippen molar-refractivity contribution in [2.45, 2.75) is 0 Å². The van der Waals surface area contributed by atoms with Crippen LogP contribution in [-0.2, 0) is 9.53 Å². The third kappa shape index (κ3) is 4.00. The lowest BCUT2D eigenvalue weighted by atomic mass is 10.2. The van der Waals surface area contributed by atoms with Gasteiger partial charge in [0.05, 0.1) is 18.9 Å². The first-order valence-electron chi connectivity index (χ1n) is 7.79. The molecule has 0 spiro atoms. The molecule has 25 heavy (non-hydrogen) atoms. The minimum absolute atomic E-state index is 0.382. The number of carbonyl (C=O) groups is 2. The number of aromatic nitrogens is 3. The van der Waals surface area contributed by atoms with Gasteiger partial charge in [-0.3, -0.25) is 4.79 Å². The third-order valence-corrected chi connectivity index (χ3v) is 3.87. The first-order valence-corrected chi connectivity index (χ1v) is 7.79. The Kier molecular flexibility index (Phi) is 5.03. The van der Waals surface area contributed by atoms with Gasteiger partial charge in [0, 0.05) is 31.9 Å². The van der Waals surface area contributed by atoms with E-state index in [1.165, 1.54) is 13.3 Å². The van der Waals surface area contributed by atoms with Gasteiger partial charge in [0.15, 0.2) is 5.82 Å². The van der Waals surface area contributed by atoms with Crippen LogP contribution in [0.4, 0.5) is 17.5 Å². The first kappa shape index (κ1) is 16.6. The Hall–Kier alpha value is -3.23. The predicted molar refractivity (Wildman–Crippen MR) is 90.7 cm³/mol. The number of methoxy groups -OCH3 is 1. The number of esters is 1. The van der Waals surface area contributed by atoms with Crippen LogP contribution in [0.5, 0.6) is 0 Å². The van der Waals surface area contributed by atoms with Crippen LogP contribution in [0.15, 0.2) is 30.5 Å². The molecule has 0 radical (unpaired) electrons. The average molecular weight is 342 g/mol. The fourth-order valence-corrected chi connectivity index (χ4v) is 2.47. The van der Waals surface area contributed by atoms with Gasteiger partial charge >= 0.3 is 5.97 Å². The van der Waals surface area contributed by atoms with E-state index in [1.54, 1.807) is 29.2 Å². The molecule has 1 N–H and O–H groups in total. The Morgan fingerprint density at radius 1 is 1.20 bits per heavy atom. The normalized spacial score (nSPS) is 14.1. The van der Waals surface area contributed by atoms with Crippen LogP contribution in [0, 0.1) is 0 Å². The highest BCUT2D eigenvalue weighted by Crippen LogP contribution is 2.17. The highest BCUT2D eigenvalue weighted by Gasteiger charge is 2.18. The summed E-state index contributed by atoms with van der Waals surface area (Å²) in [6.45, 7) is 2.61. The Labute approximate surface area is 144 Å². The monoisotopic (exact) mass is 342 g/mol. The second-order valence-corrected chi connectivity index (χ2v) is 5.46. The summed E-state index contributed by atoms with van der Waals surface area (Å²) in [5.74, 6) is 0.683. The van der Waals surface area contributed by atoms with Crippen molar-refractivity contribution in [2.75, 3.05) is 43.5 Å². The summed E-state index contributed by atoms with van der Waals surface area (Å²) in [5, 5.41) is 11.2. The highest BCUT2D eigenvalue weighted by atomic mass is 16.5. The summed E-state index contributed by atoms with van der Waals surface area (Å²) in [7, 11) is 1.34. The maximum Gasteiger partial charge on any atom is 0.337 e. The van der Waals surface area contributed by atoms with E-state index in [2.05, 4.69) is 25.2 Å². The zero-order chi connectivity index (χ0) is 17.6. The molecule has 0 atom stereocenters. The number of hydrogen-bond donors (Lipinski definition) is 1. The summed E-state index contributed by atoms with van der Waals surface area (Å²) in [6.07, 6.45) is 2.38. The van der Waals surface area contributed by atoms with E-state index >= 15 is 0 Å². The van der Waals surface area contributed by atoms with Crippen LogP contribution in [-0.4, -0.2) is 65.7 Å². The van der Waals surface area contributed by atoms with Gasteiger partial charge < -0.3 is 19.9 Å². The Morgan fingerprint density at radius 2 is 1.92 bits per heavy atom. The van der Waals surface area contributed by atoms with E-state index in [0.717, 1.165) is 12.1 Å². The second kappa shape index (κ2) is 7.56. The lowest BCUT2D eigenvalue weighted by molar-refractivity contribution is -0.118. The minimum Gasteiger partial charge on any atom is -0.465 e. The van der Waals surface area contributed by atoms with Crippen LogP contribution in [0.2, 0.25) is 0 Å². The molecule has 3 rings (SSSR count). The van der Waals surface area contributed by atoms with Crippen molar-refractivity contribution in [2.24, 2.45) is 0 Å². The fraction of sp³-hybridized carbons (Fsp3) is 0.312. The quantitative estimate of drug-likeness (QED) is 0.625. The molecule has 0 saturated carbocycles. The van der Waals surface area contributed by atoms with E-state index in [9.17, 15) is 9.59 Å². The van der Waals surface area contributed by atoms with Gasteiger partial charge in [-0.2, -0.15) is 10.1 Å². The third-order valence-electron chi connectivity index (χ3n) is 3.87. The Balaban J connectivity index is 1.67. The number of nitrogens with one attached hydrogen (secondary N) is 1. The maximum absolute atomic E-state index is 11.4. The zero-order valence-electron chi connectivity index (χ0n) is 13.8. The molecule has 1 aromatic heterocycles. The number of piperazine rings is 1. The summed E-state index contributed by atoms with van der Waals surface area (Å²) in [4.78, 5) is 30.4. The van der Waals surface area contributed by atoms with Crippen molar-refractivity contribution in [1.82, 2.24) is 20.1 Å². The molecule has 130 valence electrons. The van der Waals surface area contributed by atoms with Gasteiger partial charge in [-0.25, -0.2) is 4.79 Å². The van der Waals surface area contributed by atoms with Crippen LogP contribution in [0.3, 0.4) is 0 Å². The standard InChI is InChI=1S/C16H18N6O3/c1-25-15(24)12-2-4-13(5-3-12)18-14-10-17-20-16(19-14)22-8-6-21(11-23)7-9-22/h2-5,10-11H,6-9H2,1H3,(H,18,19,20). The summed E-state index contributed by atoms with van der Waals surface area (Å²) < 4.78 is 4.67. The van der Waals surface area contributed by atoms with Crippen molar-refractivity contribution in [1.29, 1.82) is 0 Å². The topological polar surface area (TPSA) is 101 Å². The van der Waals surface area contributed by atoms with Crippen molar-refractivity contribution >= 4 is 29.8 Å². The molecule has 0 unspecified atom stereocenters. The number of carbonyl (C=O) groups excluding carboxylic acids is 2. The SMILES string of the molecule is COC(=O)c1ccc(Nc2cnnc(N3CCN(C=O)CC3)n2)cc1. The summed E-state index contributed by atoms with van der Waals surface area (Å²) in [5.41, 5.74) is 1.24. The van der Waals surface area contributed by atoms with Gasteiger partial charge in [-0.1, -0.05) is 0 Å². The number of hydrogen-bond acceptors (Lipinski definition) is 8. The number of ether oxygens (including phenoxy) is 1. The minimum atomic E-state index is -0.382. The van der Waals surface area contributed by atoms with Crippen LogP contribution < -0.4 is 10.2 Å². The highest BCUT2D eigenvalue weighted by molar-refractivity contribution is 5.89. The van der Waals surface area contributed by atoms with Crippen LogP contribution in [0.25, 0.3) is 0 Å². The average Bonchev–Trinajstić information content (AvgIpc) is 2.68. The molecule has 1 amide bonds. The number of nitrogens with zero attached hydrogens (tertiary/aromatic N) is 5. The molecule has 2 aromatic rings. The smallest absolute Gasteiger partial charge is 0.337 e. The predicted octanol–water partition coefficient (Wildman–Crippen LogP) is 0.680. The zero-order valence-corrected chi connectivity index (χ0v) is 13.8. The van der Waals surface area contributed by atoms with Crippen molar-refractivity contribution in [3.05, 3.63) is 36.0 Å². The van der Waals surface area contributed by atoms with E-state index < -0.39 is 0 Å². The molecule has 0 aliphatic carbocycles. The van der Waals surface area contributed by atoms with Crippen molar-refractivity contribution in [3.63, 3.8) is 0 Å². The fourth-order valence-electron chi connectivity index (χ4n) is 2.47.